The predicted molar refractivity (Wildman–Crippen MR) is 113 cm³/mol. The Hall–Kier alpha value is -2.44. The Kier molecular flexibility index (Phi) is 7.96. The SMILES string of the molecule is CC(C)CCNC(=NCC(=O)NC(C)(C)C)Nc1ccc2c(c1)OCCCO2. The number of nitrogens with zero attached hydrogens (tertiary/aromatic N) is 1. The molecule has 3 N–H and O–H groups in total. The summed E-state index contributed by atoms with van der Waals surface area (Å²) in [5.41, 5.74) is 0.552. The Morgan fingerprint density at radius 1 is 1.18 bits per heavy atom. The fourth-order valence-electron chi connectivity index (χ4n) is 2.61. The van der Waals surface area contributed by atoms with Gasteiger partial charge in [-0.05, 0) is 45.2 Å². The number of fused-ring (bicyclic) bond motifs is 1. The van der Waals surface area contributed by atoms with Gasteiger partial charge in [0.15, 0.2) is 17.5 Å². The maximum atomic E-state index is 12.1. The molecule has 0 radical (unpaired) electrons. The molecule has 1 aromatic rings. The number of ether oxygens (including phenoxy) is 2. The standard InChI is InChI=1S/C21H34N4O3/c1-15(2)9-10-22-20(23-14-19(26)25-21(3,4)5)24-16-7-8-17-18(13-16)28-12-6-11-27-17/h7-8,13,15H,6,9-12,14H2,1-5H3,(H,25,26)(H2,22,23,24). The van der Waals surface area contributed by atoms with E-state index in [1.165, 1.54) is 0 Å². The summed E-state index contributed by atoms with van der Waals surface area (Å²) >= 11 is 0. The second kappa shape index (κ2) is 10.2. The number of guanidine groups is 1. The van der Waals surface area contributed by atoms with Crippen molar-refractivity contribution in [3.63, 3.8) is 0 Å². The van der Waals surface area contributed by atoms with Crippen LogP contribution < -0.4 is 25.4 Å². The van der Waals surface area contributed by atoms with Crippen LogP contribution in [-0.4, -0.2) is 43.7 Å². The van der Waals surface area contributed by atoms with Gasteiger partial charge in [-0.3, -0.25) is 4.79 Å². The first-order valence-electron chi connectivity index (χ1n) is 9.99. The summed E-state index contributed by atoms with van der Waals surface area (Å²) in [6.45, 7) is 12.3. The van der Waals surface area contributed by atoms with Gasteiger partial charge in [-0.1, -0.05) is 13.8 Å². The summed E-state index contributed by atoms with van der Waals surface area (Å²) in [5.74, 6) is 2.50. The lowest BCUT2D eigenvalue weighted by Crippen LogP contribution is -2.42. The third-order valence-electron chi connectivity index (χ3n) is 3.92. The molecule has 28 heavy (non-hydrogen) atoms. The molecule has 7 heteroatoms. The van der Waals surface area contributed by atoms with Gasteiger partial charge in [-0.2, -0.15) is 0 Å². The highest BCUT2D eigenvalue weighted by Crippen LogP contribution is 2.32. The minimum atomic E-state index is -0.278. The molecule has 0 aromatic heterocycles. The third kappa shape index (κ3) is 8.06. The molecule has 2 rings (SSSR count). The Morgan fingerprint density at radius 3 is 2.57 bits per heavy atom. The number of carbonyl (C=O) groups excluding carboxylic acids is 1. The van der Waals surface area contributed by atoms with Crippen LogP contribution in [-0.2, 0) is 4.79 Å². The Balaban J connectivity index is 2.06. The number of anilines is 1. The molecule has 0 saturated heterocycles. The average Bonchev–Trinajstić information content (AvgIpc) is 2.82. The molecule has 0 fully saturated rings. The van der Waals surface area contributed by atoms with Gasteiger partial charge in [0.05, 0.1) is 13.2 Å². The number of nitrogens with one attached hydrogen (secondary N) is 3. The highest BCUT2D eigenvalue weighted by Gasteiger charge is 2.14. The van der Waals surface area contributed by atoms with E-state index < -0.39 is 0 Å². The Bertz CT molecular complexity index is 681. The Morgan fingerprint density at radius 2 is 1.89 bits per heavy atom. The van der Waals surface area contributed by atoms with Crippen molar-refractivity contribution >= 4 is 17.6 Å². The van der Waals surface area contributed by atoms with Crippen LogP contribution in [0, 0.1) is 5.92 Å². The molecule has 1 aromatic carbocycles. The highest BCUT2D eigenvalue weighted by molar-refractivity contribution is 5.95. The zero-order valence-electron chi connectivity index (χ0n) is 17.7. The van der Waals surface area contributed by atoms with E-state index in [-0.39, 0.29) is 18.0 Å². The molecule has 0 unspecified atom stereocenters. The van der Waals surface area contributed by atoms with Crippen LogP contribution >= 0.6 is 0 Å². The van der Waals surface area contributed by atoms with Crippen LogP contribution in [0.5, 0.6) is 11.5 Å². The summed E-state index contributed by atoms with van der Waals surface area (Å²) in [5, 5.41) is 9.48. The van der Waals surface area contributed by atoms with Crippen molar-refractivity contribution in [3.8, 4) is 11.5 Å². The molecule has 1 heterocycles. The van der Waals surface area contributed by atoms with E-state index in [0.29, 0.717) is 25.1 Å². The number of hydrogen-bond acceptors (Lipinski definition) is 4. The number of carbonyl (C=O) groups is 1. The molecule has 0 aliphatic carbocycles. The molecule has 7 nitrogen and oxygen atoms in total. The van der Waals surface area contributed by atoms with Crippen molar-refractivity contribution in [3.05, 3.63) is 18.2 Å². The maximum absolute atomic E-state index is 12.1. The van der Waals surface area contributed by atoms with Crippen LogP contribution in [0.15, 0.2) is 23.2 Å². The van der Waals surface area contributed by atoms with E-state index >= 15 is 0 Å². The van der Waals surface area contributed by atoms with E-state index in [1.807, 2.05) is 39.0 Å². The van der Waals surface area contributed by atoms with Crippen molar-refractivity contribution in [2.75, 3.05) is 31.6 Å². The number of hydrogen-bond donors (Lipinski definition) is 3. The van der Waals surface area contributed by atoms with Gasteiger partial charge in [0.25, 0.3) is 0 Å². The molecule has 1 aliphatic rings. The van der Waals surface area contributed by atoms with Crippen LogP contribution in [0.1, 0.15) is 47.5 Å². The first kappa shape index (κ1) is 21.9. The van der Waals surface area contributed by atoms with Crippen molar-refractivity contribution in [1.82, 2.24) is 10.6 Å². The lowest BCUT2D eigenvalue weighted by molar-refractivity contribution is -0.121. The van der Waals surface area contributed by atoms with Gasteiger partial charge in [-0.25, -0.2) is 4.99 Å². The maximum Gasteiger partial charge on any atom is 0.242 e. The monoisotopic (exact) mass is 390 g/mol. The number of amides is 1. The zero-order chi connectivity index (χ0) is 20.6. The highest BCUT2D eigenvalue weighted by atomic mass is 16.5. The van der Waals surface area contributed by atoms with E-state index in [9.17, 15) is 4.79 Å². The average molecular weight is 391 g/mol. The van der Waals surface area contributed by atoms with E-state index in [1.54, 1.807) is 0 Å². The van der Waals surface area contributed by atoms with Gasteiger partial charge >= 0.3 is 0 Å². The molecule has 156 valence electrons. The van der Waals surface area contributed by atoms with Crippen LogP contribution in [0.4, 0.5) is 5.69 Å². The summed E-state index contributed by atoms with van der Waals surface area (Å²) in [6, 6.07) is 5.71. The Labute approximate surface area is 168 Å². The van der Waals surface area contributed by atoms with Gasteiger partial charge in [0.2, 0.25) is 5.91 Å². The van der Waals surface area contributed by atoms with Crippen molar-refractivity contribution < 1.29 is 14.3 Å². The number of benzene rings is 1. The minimum absolute atomic E-state index is 0.0544. The number of aliphatic imine (C=N–C) groups is 1. The van der Waals surface area contributed by atoms with Gasteiger partial charge in [0.1, 0.15) is 6.54 Å². The number of rotatable bonds is 6. The van der Waals surface area contributed by atoms with E-state index in [0.717, 1.165) is 36.6 Å². The van der Waals surface area contributed by atoms with Crippen molar-refractivity contribution in [1.29, 1.82) is 0 Å². The van der Waals surface area contributed by atoms with Crippen LogP contribution in [0.25, 0.3) is 0 Å². The van der Waals surface area contributed by atoms with Gasteiger partial charge in [0, 0.05) is 30.3 Å². The molecular formula is C21H34N4O3. The first-order valence-corrected chi connectivity index (χ1v) is 9.99. The van der Waals surface area contributed by atoms with Crippen LogP contribution in [0.2, 0.25) is 0 Å². The molecule has 0 saturated carbocycles. The lowest BCUT2D eigenvalue weighted by atomic mass is 10.1. The first-order chi connectivity index (χ1) is 13.2. The second-order valence-corrected chi connectivity index (χ2v) is 8.41. The van der Waals surface area contributed by atoms with Crippen molar-refractivity contribution in [2.45, 2.75) is 53.0 Å². The largest absolute Gasteiger partial charge is 0.490 e. The van der Waals surface area contributed by atoms with Gasteiger partial charge in [-0.15, -0.1) is 0 Å². The van der Waals surface area contributed by atoms with Crippen molar-refractivity contribution in [2.24, 2.45) is 10.9 Å². The molecular weight excluding hydrogens is 356 g/mol. The van der Waals surface area contributed by atoms with E-state index in [2.05, 4.69) is 34.8 Å². The fraction of sp³-hybridized carbons (Fsp3) is 0.619. The summed E-state index contributed by atoms with van der Waals surface area (Å²) in [7, 11) is 0. The van der Waals surface area contributed by atoms with Gasteiger partial charge < -0.3 is 25.4 Å². The van der Waals surface area contributed by atoms with E-state index in [4.69, 9.17) is 9.47 Å². The van der Waals surface area contributed by atoms with Crippen LogP contribution in [0.3, 0.4) is 0 Å². The fourth-order valence-corrected chi connectivity index (χ4v) is 2.61. The third-order valence-corrected chi connectivity index (χ3v) is 3.92. The summed E-state index contributed by atoms with van der Waals surface area (Å²) in [4.78, 5) is 16.6. The predicted octanol–water partition coefficient (Wildman–Crippen LogP) is 3.17. The second-order valence-electron chi connectivity index (χ2n) is 8.41. The molecule has 1 amide bonds. The molecule has 0 bridgehead atoms. The topological polar surface area (TPSA) is 84.0 Å². The zero-order valence-corrected chi connectivity index (χ0v) is 17.7. The summed E-state index contributed by atoms with van der Waals surface area (Å²) < 4.78 is 11.4. The minimum Gasteiger partial charge on any atom is -0.490 e. The summed E-state index contributed by atoms with van der Waals surface area (Å²) in [6.07, 6.45) is 1.87. The molecule has 1 aliphatic heterocycles. The molecule has 0 atom stereocenters. The molecule has 0 spiro atoms. The smallest absolute Gasteiger partial charge is 0.242 e. The normalized spacial score (nSPS) is 14.4. The lowest BCUT2D eigenvalue weighted by Gasteiger charge is -2.20. The quantitative estimate of drug-likeness (QED) is 0.513.